The molecule has 5 heteroatoms. The average molecular weight is 352 g/mol. The maximum absolute atomic E-state index is 5.99. The smallest absolute Gasteiger partial charge is 0.119 e. The molecule has 0 radical (unpaired) electrons. The minimum absolute atomic E-state index is 0.240. The third-order valence-electron chi connectivity index (χ3n) is 3.74. The van der Waals surface area contributed by atoms with Crippen molar-refractivity contribution in [2.75, 3.05) is 18.5 Å². The van der Waals surface area contributed by atoms with Gasteiger partial charge in [0.15, 0.2) is 0 Å². The Morgan fingerprint density at radius 1 is 1.09 bits per heavy atom. The second kappa shape index (κ2) is 7.91. The van der Waals surface area contributed by atoms with Gasteiger partial charge in [0.25, 0.3) is 0 Å². The number of ether oxygens (including phenoxy) is 2. The summed E-state index contributed by atoms with van der Waals surface area (Å²) in [4.78, 5) is 0. The molecule has 1 aliphatic heterocycles. The highest BCUT2D eigenvalue weighted by Crippen LogP contribution is 2.23. The summed E-state index contributed by atoms with van der Waals surface area (Å²) in [7, 11) is 0. The fourth-order valence-electron chi connectivity index (χ4n) is 2.53. The maximum Gasteiger partial charge on any atom is 0.119 e. The van der Waals surface area contributed by atoms with Gasteiger partial charge in [0.1, 0.15) is 12.4 Å². The standard InChI is InChI=1S/C18H19Cl2NO2/c19-14-8-15(20)10-16(9-14)21-11-13-3-5-17(6-4-13)23-12-18-2-1-7-22-18/h3-6,8-10,18,21H,1-2,7,11-12H2. The highest BCUT2D eigenvalue weighted by Gasteiger charge is 2.15. The van der Waals surface area contributed by atoms with Crippen LogP contribution in [0.2, 0.25) is 10.0 Å². The molecule has 1 unspecified atom stereocenters. The van der Waals surface area contributed by atoms with Crippen molar-refractivity contribution in [2.24, 2.45) is 0 Å². The van der Waals surface area contributed by atoms with Crippen molar-refractivity contribution in [2.45, 2.75) is 25.5 Å². The lowest BCUT2D eigenvalue weighted by atomic mass is 10.2. The molecule has 23 heavy (non-hydrogen) atoms. The maximum atomic E-state index is 5.99. The van der Waals surface area contributed by atoms with E-state index >= 15 is 0 Å². The lowest BCUT2D eigenvalue weighted by Crippen LogP contribution is -2.16. The van der Waals surface area contributed by atoms with Crippen LogP contribution in [0.15, 0.2) is 42.5 Å². The molecule has 1 atom stereocenters. The van der Waals surface area contributed by atoms with Gasteiger partial charge in [-0.25, -0.2) is 0 Å². The second-order valence-corrected chi connectivity index (χ2v) is 6.47. The van der Waals surface area contributed by atoms with E-state index in [1.54, 1.807) is 6.07 Å². The monoisotopic (exact) mass is 351 g/mol. The predicted octanol–water partition coefficient (Wildman–Crippen LogP) is 5.16. The zero-order chi connectivity index (χ0) is 16.1. The Morgan fingerprint density at radius 3 is 2.48 bits per heavy atom. The zero-order valence-corrected chi connectivity index (χ0v) is 14.2. The van der Waals surface area contributed by atoms with Crippen LogP contribution in [-0.4, -0.2) is 19.3 Å². The summed E-state index contributed by atoms with van der Waals surface area (Å²) in [5, 5.41) is 4.56. The molecule has 0 aromatic heterocycles. The minimum atomic E-state index is 0.240. The van der Waals surface area contributed by atoms with Gasteiger partial charge in [0, 0.05) is 28.9 Å². The predicted molar refractivity (Wildman–Crippen MR) is 94.7 cm³/mol. The number of nitrogens with one attached hydrogen (secondary N) is 1. The molecule has 2 aromatic carbocycles. The van der Waals surface area contributed by atoms with Crippen LogP contribution < -0.4 is 10.1 Å². The van der Waals surface area contributed by atoms with Crippen LogP contribution in [0.1, 0.15) is 18.4 Å². The third kappa shape index (κ3) is 5.03. The van der Waals surface area contributed by atoms with Gasteiger partial charge in [0.2, 0.25) is 0 Å². The summed E-state index contributed by atoms with van der Waals surface area (Å²) >= 11 is 12.0. The lowest BCUT2D eigenvalue weighted by Gasteiger charge is -2.12. The quantitative estimate of drug-likeness (QED) is 0.779. The van der Waals surface area contributed by atoms with E-state index in [2.05, 4.69) is 5.32 Å². The molecule has 0 aliphatic carbocycles. The van der Waals surface area contributed by atoms with E-state index in [9.17, 15) is 0 Å². The van der Waals surface area contributed by atoms with E-state index in [0.717, 1.165) is 36.4 Å². The van der Waals surface area contributed by atoms with Crippen LogP contribution >= 0.6 is 23.2 Å². The number of anilines is 1. The summed E-state index contributed by atoms with van der Waals surface area (Å²) in [5.74, 6) is 0.870. The van der Waals surface area contributed by atoms with Crippen LogP contribution in [0.3, 0.4) is 0 Å². The largest absolute Gasteiger partial charge is 0.491 e. The van der Waals surface area contributed by atoms with Crippen molar-refractivity contribution in [1.82, 2.24) is 0 Å². The van der Waals surface area contributed by atoms with E-state index in [1.807, 2.05) is 36.4 Å². The highest BCUT2D eigenvalue weighted by atomic mass is 35.5. The van der Waals surface area contributed by atoms with Crippen LogP contribution in [-0.2, 0) is 11.3 Å². The zero-order valence-electron chi connectivity index (χ0n) is 12.7. The van der Waals surface area contributed by atoms with Crippen molar-refractivity contribution in [3.8, 4) is 5.75 Å². The molecule has 1 heterocycles. The number of rotatable bonds is 6. The summed E-state index contributed by atoms with van der Waals surface area (Å²) in [6.07, 6.45) is 2.46. The Bertz CT molecular complexity index is 620. The van der Waals surface area contributed by atoms with Crippen LogP contribution in [0.5, 0.6) is 5.75 Å². The number of hydrogen-bond donors (Lipinski definition) is 1. The Balaban J connectivity index is 1.50. The Kier molecular flexibility index (Phi) is 5.65. The Morgan fingerprint density at radius 2 is 1.83 bits per heavy atom. The fourth-order valence-corrected chi connectivity index (χ4v) is 3.05. The van der Waals surface area contributed by atoms with Crippen LogP contribution in [0.25, 0.3) is 0 Å². The molecule has 122 valence electrons. The van der Waals surface area contributed by atoms with Gasteiger partial charge in [-0.1, -0.05) is 35.3 Å². The molecular formula is C18H19Cl2NO2. The van der Waals surface area contributed by atoms with Crippen molar-refractivity contribution < 1.29 is 9.47 Å². The van der Waals surface area contributed by atoms with E-state index in [0.29, 0.717) is 23.2 Å². The second-order valence-electron chi connectivity index (χ2n) is 5.60. The molecule has 3 nitrogen and oxygen atoms in total. The first-order valence-corrected chi connectivity index (χ1v) is 8.48. The molecule has 1 N–H and O–H groups in total. The first kappa shape index (κ1) is 16.4. The third-order valence-corrected chi connectivity index (χ3v) is 4.18. The van der Waals surface area contributed by atoms with E-state index < -0.39 is 0 Å². The number of hydrogen-bond acceptors (Lipinski definition) is 3. The topological polar surface area (TPSA) is 30.5 Å². The van der Waals surface area contributed by atoms with Crippen molar-refractivity contribution >= 4 is 28.9 Å². The van der Waals surface area contributed by atoms with E-state index in [4.69, 9.17) is 32.7 Å². The molecular weight excluding hydrogens is 333 g/mol. The minimum Gasteiger partial charge on any atom is -0.491 e. The van der Waals surface area contributed by atoms with E-state index in [-0.39, 0.29) is 6.10 Å². The summed E-state index contributed by atoms with van der Waals surface area (Å²) < 4.78 is 11.3. The van der Waals surface area contributed by atoms with Gasteiger partial charge in [-0.3, -0.25) is 0 Å². The summed E-state index contributed by atoms with van der Waals surface area (Å²) in [5.41, 5.74) is 2.06. The first-order valence-electron chi connectivity index (χ1n) is 7.72. The van der Waals surface area contributed by atoms with Crippen molar-refractivity contribution in [3.05, 3.63) is 58.1 Å². The van der Waals surface area contributed by atoms with E-state index in [1.165, 1.54) is 0 Å². The molecule has 2 aromatic rings. The van der Waals surface area contributed by atoms with Gasteiger partial charge >= 0.3 is 0 Å². The normalized spacial score (nSPS) is 17.2. The molecule has 0 amide bonds. The van der Waals surface area contributed by atoms with Crippen LogP contribution in [0.4, 0.5) is 5.69 Å². The molecule has 0 spiro atoms. The van der Waals surface area contributed by atoms with Gasteiger partial charge < -0.3 is 14.8 Å². The lowest BCUT2D eigenvalue weighted by molar-refractivity contribution is 0.0679. The molecule has 0 saturated carbocycles. The van der Waals surface area contributed by atoms with Gasteiger partial charge in [-0.15, -0.1) is 0 Å². The molecule has 1 fully saturated rings. The number of benzene rings is 2. The SMILES string of the molecule is Clc1cc(Cl)cc(NCc2ccc(OCC3CCCO3)cc2)c1. The van der Waals surface area contributed by atoms with Gasteiger partial charge in [-0.2, -0.15) is 0 Å². The summed E-state index contributed by atoms with van der Waals surface area (Å²) in [6, 6.07) is 13.5. The Labute approximate surface area is 146 Å². The first-order chi connectivity index (χ1) is 11.2. The average Bonchev–Trinajstić information content (AvgIpc) is 3.04. The molecule has 1 aliphatic rings. The highest BCUT2D eigenvalue weighted by molar-refractivity contribution is 6.35. The molecule has 1 saturated heterocycles. The molecule has 3 rings (SSSR count). The Hall–Kier alpha value is -1.42. The van der Waals surface area contributed by atoms with Crippen molar-refractivity contribution in [1.29, 1.82) is 0 Å². The number of halogens is 2. The van der Waals surface area contributed by atoms with Crippen molar-refractivity contribution in [3.63, 3.8) is 0 Å². The fraction of sp³-hybridized carbons (Fsp3) is 0.333. The van der Waals surface area contributed by atoms with Gasteiger partial charge in [-0.05, 0) is 48.7 Å². The molecule has 0 bridgehead atoms. The van der Waals surface area contributed by atoms with Gasteiger partial charge in [0.05, 0.1) is 6.10 Å². The summed E-state index contributed by atoms with van der Waals surface area (Å²) in [6.45, 7) is 2.17. The van der Waals surface area contributed by atoms with Crippen LogP contribution in [0, 0.1) is 0 Å².